The van der Waals surface area contributed by atoms with Crippen molar-refractivity contribution in [1.82, 2.24) is 0 Å². The molecule has 3 rings (SSSR count). The van der Waals surface area contributed by atoms with Crippen molar-refractivity contribution in [2.24, 2.45) is 5.92 Å². The summed E-state index contributed by atoms with van der Waals surface area (Å²) in [4.78, 5) is 0. The van der Waals surface area contributed by atoms with E-state index < -0.39 is 0 Å². The van der Waals surface area contributed by atoms with E-state index in [0.717, 1.165) is 12.8 Å². The van der Waals surface area contributed by atoms with Crippen molar-refractivity contribution in [2.45, 2.75) is 12.8 Å². The van der Waals surface area contributed by atoms with Gasteiger partial charge in [0.25, 0.3) is 0 Å². The molecule has 0 spiro atoms. The van der Waals surface area contributed by atoms with Crippen LogP contribution in [0.5, 0.6) is 0 Å². The molecule has 1 aliphatic carbocycles. The van der Waals surface area contributed by atoms with Gasteiger partial charge in [-0.2, -0.15) is 0 Å². The molecule has 0 radical (unpaired) electrons. The second-order valence-corrected chi connectivity index (χ2v) is 5.08. The molecule has 0 fully saturated rings. The molecule has 0 amide bonds. The maximum Gasteiger partial charge on any atom is -0.0149 e. The number of allylic oxidation sites excluding steroid dienone is 4. The van der Waals surface area contributed by atoms with Crippen LogP contribution < -0.4 is 0 Å². The molecule has 0 nitrogen and oxygen atoms in total. The number of rotatable bonds is 3. The zero-order chi connectivity index (χ0) is 12.9. The Hall–Kier alpha value is -2.08. The molecule has 0 heterocycles. The van der Waals surface area contributed by atoms with Gasteiger partial charge in [-0.15, -0.1) is 0 Å². The molecule has 0 heteroatoms. The van der Waals surface area contributed by atoms with E-state index >= 15 is 0 Å². The Labute approximate surface area is 115 Å². The van der Waals surface area contributed by atoms with Crippen LogP contribution in [0.4, 0.5) is 0 Å². The molecule has 0 aromatic heterocycles. The van der Waals surface area contributed by atoms with Crippen LogP contribution in [0.3, 0.4) is 0 Å². The van der Waals surface area contributed by atoms with E-state index in [1.807, 2.05) is 0 Å². The summed E-state index contributed by atoms with van der Waals surface area (Å²) >= 11 is 0. The van der Waals surface area contributed by atoms with Gasteiger partial charge in [-0.1, -0.05) is 78.9 Å². The molecule has 0 N–H and O–H groups in total. The maximum absolute atomic E-state index is 2.42. The third-order valence-corrected chi connectivity index (χ3v) is 3.60. The van der Waals surface area contributed by atoms with E-state index in [1.165, 1.54) is 16.7 Å². The van der Waals surface area contributed by atoms with Gasteiger partial charge >= 0.3 is 0 Å². The second kappa shape index (κ2) is 5.71. The molecular formula is C19H18. The zero-order valence-electron chi connectivity index (χ0n) is 11.0. The standard InChI is InChI=1S/C19H18/c1-3-8-16(9-4-1)14-17-10-7-13-19(15-17)18-11-5-2-6-12-18/h1-9,11-13,15,17H,10,14H2. The first kappa shape index (κ1) is 12.0. The molecule has 94 valence electrons. The van der Waals surface area contributed by atoms with E-state index in [0.29, 0.717) is 5.92 Å². The summed E-state index contributed by atoms with van der Waals surface area (Å²) in [7, 11) is 0. The smallest absolute Gasteiger partial charge is 0.0149 e. The second-order valence-electron chi connectivity index (χ2n) is 5.08. The predicted octanol–water partition coefficient (Wildman–Crippen LogP) is 4.89. The summed E-state index contributed by atoms with van der Waals surface area (Å²) < 4.78 is 0. The monoisotopic (exact) mass is 246 g/mol. The lowest BCUT2D eigenvalue weighted by molar-refractivity contribution is 0.655. The highest BCUT2D eigenvalue weighted by Crippen LogP contribution is 2.26. The summed E-state index contributed by atoms with van der Waals surface area (Å²) in [6, 6.07) is 21.4. The zero-order valence-corrected chi connectivity index (χ0v) is 11.0. The van der Waals surface area contributed by atoms with Crippen molar-refractivity contribution in [3.05, 3.63) is 90.0 Å². The molecule has 0 bridgehead atoms. The van der Waals surface area contributed by atoms with Crippen molar-refractivity contribution in [2.75, 3.05) is 0 Å². The van der Waals surface area contributed by atoms with Crippen LogP contribution in [0.2, 0.25) is 0 Å². The van der Waals surface area contributed by atoms with Crippen LogP contribution in [-0.4, -0.2) is 0 Å². The average Bonchev–Trinajstić information content (AvgIpc) is 2.49. The normalized spacial score (nSPS) is 18.1. The third kappa shape index (κ3) is 3.03. The molecule has 1 unspecified atom stereocenters. The van der Waals surface area contributed by atoms with Crippen LogP contribution in [0, 0.1) is 5.92 Å². The van der Waals surface area contributed by atoms with Crippen LogP contribution in [0.15, 0.2) is 78.9 Å². The third-order valence-electron chi connectivity index (χ3n) is 3.60. The lowest BCUT2D eigenvalue weighted by atomic mass is 9.88. The van der Waals surface area contributed by atoms with Gasteiger partial charge in [0.1, 0.15) is 0 Å². The minimum absolute atomic E-state index is 0.614. The van der Waals surface area contributed by atoms with Crippen molar-refractivity contribution in [1.29, 1.82) is 0 Å². The van der Waals surface area contributed by atoms with Crippen molar-refractivity contribution in [3.63, 3.8) is 0 Å². The fourth-order valence-electron chi connectivity index (χ4n) is 2.63. The fraction of sp³-hybridized carbons (Fsp3) is 0.158. The Morgan fingerprint density at radius 2 is 1.53 bits per heavy atom. The molecule has 2 aromatic carbocycles. The van der Waals surface area contributed by atoms with Crippen molar-refractivity contribution < 1.29 is 0 Å². The molecule has 0 saturated heterocycles. The Balaban J connectivity index is 1.78. The lowest BCUT2D eigenvalue weighted by Gasteiger charge is -2.17. The van der Waals surface area contributed by atoms with Crippen molar-refractivity contribution in [3.8, 4) is 0 Å². The summed E-state index contributed by atoms with van der Waals surface area (Å²) in [6.45, 7) is 0. The summed E-state index contributed by atoms with van der Waals surface area (Å²) in [5, 5.41) is 0. The van der Waals surface area contributed by atoms with Gasteiger partial charge in [0, 0.05) is 0 Å². The molecular weight excluding hydrogens is 228 g/mol. The van der Waals surface area contributed by atoms with Gasteiger partial charge in [-0.3, -0.25) is 0 Å². The quantitative estimate of drug-likeness (QED) is 0.723. The van der Waals surface area contributed by atoms with Crippen LogP contribution in [0.1, 0.15) is 17.5 Å². The Morgan fingerprint density at radius 1 is 0.842 bits per heavy atom. The van der Waals surface area contributed by atoms with E-state index in [-0.39, 0.29) is 0 Å². The lowest BCUT2D eigenvalue weighted by Crippen LogP contribution is -2.04. The first-order valence-corrected chi connectivity index (χ1v) is 6.89. The van der Waals surface area contributed by atoms with E-state index in [4.69, 9.17) is 0 Å². The minimum atomic E-state index is 0.614. The first-order chi connectivity index (χ1) is 9.42. The molecule has 2 aromatic rings. The number of hydrogen-bond acceptors (Lipinski definition) is 0. The maximum atomic E-state index is 2.42. The summed E-state index contributed by atoms with van der Waals surface area (Å²) in [5.41, 5.74) is 4.09. The number of hydrogen-bond donors (Lipinski definition) is 0. The van der Waals surface area contributed by atoms with Gasteiger partial charge in [0.2, 0.25) is 0 Å². The van der Waals surface area contributed by atoms with E-state index in [2.05, 4.69) is 78.9 Å². The molecule has 1 atom stereocenters. The Morgan fingerprint density at radius 3 is 2.26 bits per heavy atom. The Kier molecular flexibility index (Phi) is 3.60. The molecule has 0 saturated carbocycles. The van der Waals surface area contributed by atoms with Gasteiger partial charge in [0.15, 0.2) is 0 Å². The van der Waals surface area contributed by atoms with Gasteiger partial charge in [0.05, 0.1) is 0 Å². The fourth-order valence-corrected chi connectivity index (χ4v) is 2.63. The van der Waals surface area contributed by atoms with Gasteiger partial charge in [-0.05, 0) is 35.5 Å². The van der Waals surface area contributed by atoms with Crippen LogP contribution in [-0.2, 0) is 6.42 Å². The van der Waals surface area contributed by atoms with E-state index in [9.17, 15) is 0 Å². The highest BCUT2D eigenvalue weighted by molar-refractivity contribution is 5.75. The van der Waals surface area contributed by atoms with Gasteiger partial charge < -0.3 is 0 Å². The first-order valence-electron chi connectivity index (χ1n) is 6.89. The molecule has 19 heavy (non-hydrogen) atoms. The minimum Gasteiger partial charge on any atom is -0.0833 e. The van der Waals surface area contributed by atoms with Crippen molar-refractivity contribution >= 4 is 5.57 Å². The molecule has 1 aliphatic rings. The summed E-state index contributed by atoms with van der Waals surface area (Å²) in [6.07, 6.45) is 9.24. The highest BCUT2D eigenvalue weighted by Gasteiger charge is 2.11. The van der Waals surface area contributed by atoms with Crippen LogP contribution in [0.25, 0.3) is 5.57 Å². The SMILES string of the molecule is C1=CC(c2ccccc2)=CC(Cc2ccccc2)C1. The largest absolute Gasteiger partial charge is 0.0833 e. The average molecular weight is 246 g/mol. The predicted molar refractivity (Wildman–Crippen MR) is 81.8 cm³/mol. The summed E-state index contributed by atoms with van der Waals surface area (Å²) in [5.74, 6) is 0.614. The highest BCUT2D eigenvalue weighted by atomic mass is 14.2. The Bertz CT molecular complexity index is 576. The van der Waals surface area contributed by atoms with E-state index in [1.54, 1.807) is 0 Å². The van der Waals surface area contributed by atoms with Gasteiger partial charge in [-0.25, -0.2) is 0 Å². The topological polar surface area (TPSA) is 0 Å². The molecule has 0 aliphatic heterocycles. The van der Waals surface area contributed by atoms with Crippen LogP contribution >= 0.6 is 0 Å². The number of benzene rings is 2.